The van der Waals surface area contributed by atoms with Gasteiger partial charge in [-0.25, -0.2) is 8.42 Å². The van der Waals surface area contributed by atoms with E-state index in [2.05, 4.69) is 17.6 Å². The Hall–Kier alpha value is -1.07. The van der Waals surface area contributed by atoms with Crippen molar-refractivity contribution in [2.24, 2.45) is 0 Å². The van der Waals surface area contributed by atoms with E-state index in [1.807, 2.05) is 19.1 Å². The van der Waals surface area contributed by atoms with Crippen molar-refractivity contribution in [1.82, 2.24) is 5.32 Å². The molecule has 108 valence electrons. The molecule has 0 saturated heterocycles. The second kappa shape index (κ2) is 8.17. The summed E-state index contributed by atoms with van der Waals surface area (Å²) in [5, 5.41) is 6.56. The lowest BCUT2D eigenvalue weighted by Gasteiger charge is -2.08. The summed E-state index contributed by atoms with van der Waals surface area (Å²) in [6.07, 6.45) is 1.77. The molecule has 1 aromatic rings. The Balaban J connectivity index is 2.48. The fourth-order valence-electron chi connectivity index (χ4n) is 1.76. The minimum Gasteiger partial charge on any atom is -0.384 e. The lowest BCUT2D eigenvalue weighted by atomic mass is 10.3. The SMILES string of the molecule is CCCNCCNc1ccc(S(=O)(=O)CCC)cc1. The van der Waals surface area contributed by atoms with Gasteiger partial charge in [0, 0.05) is 18.8 Å². The van der Waals surface area contributed by atoms with Crippen molar-refractivity contribution in [3.05, 3.63) is 24.3 Å². The molecule has 4 nitrogen and oxygen atoms in total. The van der Waals surface area contributed by atoms with Gasteiger partial charge >= 0.3 is 0 Å². The average Bonchev–Trinajstić information content (AvgIpc) is 2.39. The average molecular weight is 284 g/mol. The van der Waals surface area contributed by atoms with Gasteiger partial charge in [0.05, 0.1) is 10.6 Å². The minimum absolute atomic E-state index is 0.209. The summed E-state index contributed by atoms with van der Waals surface area (Å²) in [5.41, 5.74) is 0.953. The number of rotatable bonds is 9. The molecule has 1 rings (SSSR count). The molecule has 0 radical (unpaired) electrons. The molecule has 0 aromatic heterocycles. The summed E-state index contributed by atoms with van der Waals surface area (Å²) in [6.45, 7) is 6.77. The summed E-state index contributed by atoms with van der Waals surface area (Å²) in [5.74, 6) is 0.209. The first-order valence-electron chi connectivity index (χ1n) is 6.87. The first-order chi connectivity index (χ1) is 9.10. The van der Waals surface area contributed by atoms with Gasteiger partial charge in [-0.1, -0.05) is 13.8 Å². The summed E-state index contributed by atoms with van der Waals surface area (Å²) in [7, 11) is -3.10. The van der Waals surface area contributed by atoms with Crippen LogP contribution in [0.5, 0.6) is 0 Å². The second-order valence-electron chi connectivity index (χ2n) is 4.52. The third kappa shape index (κ3) is 5.61. The highest BCUT2D eigenvalue weighted by molar-refractivity contribution is 7.91. The summed E-state index contributed by atoms with van der Waals surface area (Å²) in [6, 6.07) is 6.99. The van der Waals surface area contributed by atoms with Gasteiger partial charge in [-0.2, -0.15) is 0 Å². The molecule has 0 aliphatic heterocycles. The number of benzene rings is 1. The Morgan fingerprint density at radius 1 is 0.947 bits per heavy atom. The Morgan fingerprint density at radius 2 is 1.63 bits per heavy atom. The van der Waals surface area contributed by atoms with Crippen molar-refractivity contribution in [1.29, 1.82) is 0 Å². The molecule has 0 amide bonds. The molecule has 19 heavy (non-hydrogen) atoms. The normalized spacial score (nSPS) is 11.5. The lowest BCUT2D eigenvalue weighted by molar-refractivity contribution is 0.595. The van der Waals surface area contributed by atoms with Crippen molar-refractivity contribution in [2.75, 3.05) is 30.7 Å². The Labute approximate surface area is 116 Å². The van der Waals surface area contributed by atoms with E-state index in [1.165, 1.54) is 0 Å². The van der Waals surface area contributed by atoms with Gasteiger partial charge in [-0.3, -0.25) is 0 Å². The van der Waals surface area contributed by atoms with Gasteiger partial charge in [-0.15, -0.1) is 0 Å². The van der Waals surface area contributed by atoms with E-state index in [1.54, 1.807) is 12.1 Å². The molecule has 1 aromatic carbocycles. The predicted octanol–water partition coefficient (Wildman–Crippen LogP) is 2.28. The third-order valence-electron chi connectivity index (χ3n) is 2.74. The second-order valence-corrected chi connectivity index (χ2v) is 6.63. The number of hydrogen-bond donors (Lipinski definition) is 2. The number of anilines is 1. The molecular formula is C14H24N2O2S. The van der Waals surface area contributed by atoms with E-state index in [-0.39, 0.29) is 5.75 Å². The van der Waals surface area contributed by atoms with Crippen LogP contribution in [0, 0.1) is 0 Å². The summed E-state index contributed by atoms with van der Waals surface area (Å²) >= 11 is 0. The van der Waals surface area contributed by atoms with Crippen LogP contribution >= 0.6 is 0 Å². The third-order valence-corrected chi connectivity index (χ3v) is 4.68. The maximum Gasteiger partial charge on any atom is 0.178 e. The highest BCUT2D eigenvalue weighted by Crippen LogP contribution is 2.15. The minimum atomic E-state index is -3.10. The molecule has 0 fully saturated rings. The first kappa shape index (κ1) is 16.0. The fourth-order valence-corrected chi connectivity index (χ4v) is 3.09. The lowest BCUT2D eigenvalue weighted by Crippen LogP contribution is -2.22. The maximum absolute atomic E-state index is 11.8. The van der Waals surface area contributed by atoms with E-state index < -0.39 is 9.84 Å². The van der Waals surface area contributed by atoms with Crippen molar-refractivity contribution in [3.63, 3.8) is 0 Å². The summed E-state index contributed by atoms with van der Waals surface area (Å²) < 4.78 is 23.7. The van der Waals surface area contributed by atoms with E-state index in [0.29, 0.717) is 11.3 Å². The van der Waals surface area contributed by atoms with Crippen LogP contribution in [0.1, 0.15) is 26.7 Å². The number of nitrogens with one attached hydrogen (secondary N) is 2. The molecular weight excluding hydrogens is 260 g/mol. The molecule has 0 aliphatic rings. The molecule has 0 bridgehead atoms. The first-order valence-corrected chi connectivity index (χ1v) is 8.52. The highest BCUT2D eigenvalue weighted by atomic mass is 32.2. The highest BCUT2D eigenvalue weighted by Gasteiger charge is 2.12. The van der Waals surface area contributed by atoms with E-state index in [9.17, 15) is 8.42 Å². The van der Waals surface area contributed by atoms with Crippen molar-refractivity contribution < 1.29 is 8.42 Å². The van der Waals surface area contributed by atoms with Gasteiger partial charge < -0.3 is 10.6 Å². The predicted molar refractivity (Wildman–Crippen MR) is 80.4 cm³/mol. The van der Waals surface area contributed by atoms with Crippen LogP contribution in [-0.2, 0) is 9.84 Å². The molecule has 0 atom stereocenters. The van der Waals surface area contributed by atoms with Crippen LogP contribution in [-0.4, -0.2) is 33.8 Å². The van der Waals surface area contributed by atoms with Crippen LogP contribution in [0.4, 0.5) is 5.69 Å². The van der Waals surface area contributed by atoms with Crippen LogP contribution in [0.25, 0.3) is 0 Å². The van der Waals surface area contributed by atoms with Gasteiger partial charge in [0.1, 0.15) is 0 Å². The Kier molecular flexibility index (Phi) is 6.87. The monoisotopic (exact) mass is 284 g/mol. The van der Waals surface area contributed by atoms with Gasteiger partial charge in [0.15, 0.2) is 9.84 Å². The zero-order valence-corrected chi connectivity index (χ0v) is 12.6. The number of hydrogen-bond acceptors (Lipinski definition) is 4. The molecule has 2 N–H and O–H groups in total. The van der Waals surface area contributed by atoms with Crippen molar-refractivity contribution >= 4 is 15.5 Å². The molecule has 0 spiro atoms. The van der Waals surface area contributed by atoms with Crippen LogP contribution < -0.4 is 10.6 Å². The van der Waals surface area contributed by atoms with Gasteiger partial charge in [-0.05, 0) is 43.7 Å². The van der Waals surface area contributed by atoms with Crippen molar-refractivity contribution in [3.8, 4) is 0 Å². The van der Waals surface area contributed by atoms with Crippen molar-refractivity contribution in [2.45, 2.75) is 31.6 Å². The molecule has 0 aliphatic carbocycles. The largest absolute Gasteiger partial charge is 0.384 e. The van der Waals surface area contributed by atoms with Gasteiger partial charge in [0.25, 0.3) is 0 Å². The molecule has 5 heteroatoms. The fraction of sp³-hybridized carbons (Fsp3) is 0.571. The summed E-state index contributed by atoms with van der Waals surface area (Å²) in [4.78, 5) is 0.406. The van der Waals surface area contributed by atoms with E-state index >= 15 is 0 Å². The van der Waals surface area contributed by atoms with Gasteiger partial charge in [0.2, 0.25) is 0 Å². The standard InChI is InChI=1S/C14H24N2O2S/c1-3-9-15-10-11-16-13-5-7-14(8-6-13)19(17,18)12-4-2/h5-8,15-16H,3-4,9-12H2,1-2H3. The Morgan fingerprint density at radius 3 is 2.21 bits per heavy atom. The Bertz CT molecular complexity index is 455. The topological polar surface area (TPSA) is 58.2 Å². The zero-order chi connectivity index (χ0) is 14.1. The zero-order valence-electron chi connectivity index (χ0n) is 11.8. The maximum atomic E-state index is 11.8. The van der Waals surface area contributed by atoms with Crippen LogP contribution in [0.2, 0.25) is 0 Å². The van der Waals surface area contributed by atoms with Crippen LogP contribution in [0.15, 0.2) is 29.2 Å². The van der Waals surface area contributed by atoms with E-state index in [4.69, 9.17) is 0 Å². The van der Waals surface area contributed by atoms with E-state index in [0.717, 1.165) is 31.7 Å². The quantitative estimate of drug-likeness (QED) is 0.683. The molecule has 0 heterocycles. The number of sulfone groups is 1. The smallest absolute Gasteiger partial charge is 0.178 e. The molecule has 0 saturated carbocycles. The molecule has 0 unspecified atom stereocenters. The van der Waals surface area contributed by atoms with Crippen LogP contribution in [0.3, 0.4) is 0 Å².